The molecule has 2 N–H and O–H groups in total. The molecular formula is C25H22ClNO5. The Morgan fingerprint density at radius 1 is 0.969 bits per heavy atom. The van der Waals surface area contributed by atoms with E-state index in [0.29, 0.717) is 40.9 Å². The Bertz CT molecular complexity index is 1110. The molecule has 0 fully saturated rings. The highest BCUT2D eigenvalue weighted by molar-refractivity contribution is 6.30. The summed E-state index contributed by atoms with van der Waals surface area (Å²) >= 11 is 5.91. The van der Waals surface area contributed by atoms with Crippen LogP contribution in [0.5, 0.6) is 11.5 Å². The van der Waals surface area contributed by atoms with Crippen LogP contribution in [0, 0.1) is 0 Å². The van der Waals surface area contributed by atoms with Crippen LogP contribution < -0.4 is 14.8 Å². The van der Waals surface area contributed by atoms with Gasteiger partial charge in [-0.3, -0.25) is 4.79 Å². The highest BCUT2D eigenvalue weighted by Crippen LogP contribution is 2.30. The number of amides is 1. The van der Waals surface area contributed by atoms with Crippen molar-refractivity contribution in [1.82, 2.24) is 5.32 Å². The molecular weight excluding hydrogens is 430 g/mol. The molecule has 164 valence electrons. The second kappa shape index (κ2) is 11.0. The summed E-state index contributed by atoms with van der Waals surface area (Å²) in [5.41, 5.74) is 1.59. The van der Waals surface area contributed by atoms with Crippen molar-refractivity contribution in [2.45, 2.75) is 13.5 Å². The second-order valence-electron chi connectivity index (χ2n) is 6.74. The standard InChI is InChI=1S/C25H22ClNO5/c1-2-31-23-15-18(10-13-22(23)32-16-17-8-11-20(26)12-9-17)14-21(25(29)30)27-24(28)19-6-4-3-5-7-19/h3-15H,2,16H2,1H3,(H,27,28)(H,29,30). The van der Waals surface area contributed by atoms with Gasteiger partial charge in [0.15, 0.2) is 11.5 Å². The van der Waals surface area contributed by atoms with E-state index in [1.165, 1.54) is 6.08 Å². The molecule has 0 heterocycles. The summed E-state index contributed by atoms with van der Waals surface area (Å²) in [7, 11) is 0. The third-order valence-corrected chi connectivity index (χ3v) is 4.65. The third-order valence-electron chi connectivity index (χ3n) is 4.40. The van der Waals surface area contributed by atoms with Crippen molar-refractivity contribution < 1.29 is 24.2 Å². The molecule has 0 saturated carbocycles. The van der Waals surface area contributed by atoms with Gasteiger partial charge in [-0.15, -0.1) is 0 Å². The van der Waals surface area contributed by atoms with Crippen LogP contribution in [-0.2, 0) is 11.4 Å². The van der Waals surface area contributed by atoms with Crippen molar-refractivity contribution in [3.63, 3.8) is 0 Å². The lowest BCUT2D eigenvalue weighted by molar-refractivity contribution is -0.132. The summed E-state index contributed by atoms with van der Waals surface area (Å²) in [6.45, 7) is 2.56. The average Bonchev–Trinajstić information content (AvgIpc) is 2.80. The number of rotatable bonds is 9. The first kappa shape index (κ1) is 22.9. The SMILES string of the molecule is CCOc1cc(C=C(NC(=O)c2ccccc2)C(=O)O)ccc1OCc1ccc(Cl)cc1. The van der Waals surface area contributed by atoms with E-state index in [1.807, 2.05) is 19.1 Å². The largest absolute Gasteiger partial charge is 0.490 e. The normalized spacial score (nSPS) is 11.0. The van der Waals surface area contributed by atoms with Gasteiger partial charge < -0.3 is 19.9 Å². The molecule has 6 nitrogen and oxygen atoms in total. The van der Waals surface area contributed by atoms with E-state index in [1.54, 1.807) is 60.7 Å². The zero-order valence-electron chi connectivity index (χ0n) is 17.4. The second-order valence-corrected chi connectivity index (χ2v) is 7.17. The van der Waals surface area contributed by atoms with Gasteiger partial charge in [-0.05, 0) is 60.5 Å². The van der Waals surface area contributed by atoms with Gasteiger partial charge in [-0.2, -0.15) is 0 Å². The molecule has 0 radical (unpaired) electrons. The van der Waals surface area contributed by atoms with E-state index < -0.39 is 11.9 Å². The number of hydrogen-bond acceptors (Lipinski definition) is 4. The lowest BCUT2D eigenvalue weighted by atomic mass is 10.1. The van der Waals surface area contributed by atoms with Gasteiger partial charge >= 0.3 is 5.97 Å². The zero-order chi connectivity index (χ0) is 22.9. The molecule has 0 aromatic heterocycles. The number of benzene rings is 3. The number of aliphatic carboxylic acids is 1. The van der Waals surface area contributed by atoms with Gasteiger partial charge in [0.1, 0.15) is 12.3 Å². The first-order chi connectivity index (χ1) is 15.5. The third kappa shape index (κ3) is 6.36. The first-order valence-electron chi connectivity index (χ1n) is 9.91. The minimum absolute atomic E-state index is 0.254. The van der Waals surface area contributed by atoms with Crippen LogP contribution in [0.15, 0.2) is 78.5 Å². The van der Waals surface area contributed by atoms with Gasteiger partial charge in [-0.25, -0.2) is 4.79 Å². The molecule has 0 aliphatic carbocycles. The van der Waals surface area contributed by atoms with Gasteiger partial charge in [0.05, 0.1) is 6.61 Å². The molecule has 32 heavy (non-hydrogen) atoms. The quantitative estimate of drug-likeness (QED) is 0.438. The Kier molecular flexibility index (Phi) is 7.89. The number of halogens is 1. The fourth-order valence-electron chi connectivity index (χ4n) is 2.85. The van der Waals surface area contributed by atoms with Crippen LogP contribution in [0.1, 0.15) is 28.4 Å². The number of ether oxygens (including phenoxy) is 2. The smallest absolute Gasteiger partial charge is 0.352 e. The maximum absolute atomic E-state index is 12.3. The number of hydrogen-bond donors (Lipinski definition) is 2. The van der Waals surface area contributed by atoms with Crippen LogP contribution in [-0.4, -0.2) is 23.6 Å². The molecule has 0 atom stereocenters. The molecule has 0 aliphatic heterocycles. The molecule has 3 aromatic rings. The van der Waals surface area contributed by atoms with Gasteiger partial charge in [0.2, 0.25) is 0 Å². The van der Waals surface area contributed by atoms with E-state index in [4.69, 9.17) is 21.1 Å². The van der Waals surface area contributed by atoms with Crippen molar-refractivity contribution >= 4 is 29.6 Å². The summed E-state index contributed by atoms with van der Waals surface area (Å²) in [5.74, 6) is -0.777. The Labute approximate surface area is 191 Å². The van der Waals surface area contributed by atoms with Gasteiger partial charge in [0, 0.05) is 10.6 Å². The summed E-state index contributed by atoms with van der Waals surface area (Å²) in [4.78, 5) is 24.0. The summed E-state index contributed by atoms with van der Waals surface area (Å²) in [6, 6.07) is 20.8. The number of carboxylic acid groups (broad SMARTS) is 1. The summed E-state index contributed by atoms with van der Waals surface area (Å²) < 4.78 is 11.5. The first-order valence-corrected chi connectivity index (χ1v) is 10.3. The topological polar surface area (TPSA) is 84.9 Å². The lowest BCUT2D eigenvalue weighted by Crippen LogP contribution is -2.27. The summed E-state index contributed by atoms with van der Waals surface area (Å²) in [6.07, 6.45) is 1.37. The van der Waals surface area contributed by atoms with Crippen molar-refractivity contribution in [2.24, 2.45) is 0 Å². The fraction of sp³-hybridized carbons (Fsp3) is 0.120. The molecule has 0 unspecified atom stereocenters. The van der Waals surface area contributed by atoms with Gasteiger partial charge in [-0.1, -0.05) is 48.0 Å². The molecule has 0 aliphatic rings. The van der Waals surface area contributed by atoms with Crippen LogP contribution in [0.3, 0.4) is 0 Å². The summed E-state index contributed by atoms with van der Waals surface area (Å²) in [5, 5.41) is 12.6. The molecule has 0 spiro atoms. The van der Waals surface area contributed by atoms with Crippen LogP contribution in [0.25, 0.3) is 6.08 Å². The van der Waals surface area contributed by atoms with E-state index in [9.17, 15) is 14.7 Å². The van der Waals surface area contributed by atoms with Crippen LogP contribution in [0.2, 0.25) is 5.02 Å². The fourth-order valence-corrected chi connectivity index (χ4v) is 2.97. The van der Waals surface area contributed by atoms with E-state index in [0.717, 1.165) is 5.56 Å². The monoisotopic (exact) mass is 451 g/mol. The highest BCUT2D eigenvalue weighted by atomic mass is 35.5. The molecule has 0 saturated heterocycles. The number of carbonyl (C=O) groups excluding carboxylic acids is 1. The Balaban J connectivity index is 1.79. The van der Waals surface area contributed by atoms with E-state index >= 15 is 0 Å². The van der Waals surface area contributed by atoms with Crippen molar-refractivity contribution in [3.05, 3.63) is 100 Å². The van der Waals surface area contributed by atoms with Crippen molar-refractivity contribution in [3.8, 4) is 11.5 Å². The minimum Gasteiger partial charge on any atom is -0.490 e. The Hall–Kier alpha value is -3.77. The molecule has 1 amide bonds. The maximum atomic E-state index is 12.3. The van der Waals surface area contributed by atoms with Crippen molar-refractivity contribution in [1.29, 1.82) is 0 Å². The lowest BCUT2D eigenvalue weighted by Gasteiger charge is -2.13. The average molecular weight is 452 g/mol. The number of carbonyl (C=O) groups is 2. The van der Waals surface area contributed by atoms with Crippen LogP contribution in [0.4, 0.5) is 0 Å². The predicted octanol–water partition coefficient (Wildman–Crippen LogP) is 5.17. The maximum Gasteiger partial charge on any atom is 0.352 e. The Morgan fingerprint density at radius 2 is 1.69 bits per heavy atom. The van der Waals surface area contributed by atoms with Gasteiger partial charge in [0.25, 0.3) is 5.91 Å². The van der Waals surface area contributed by atoms with Crippen molar-refractivity contribution in [2.75, 3.05) is 6.61 Å². The predicted molar refractivity (Wildman–Crippen MR) is 123 cm³/mol. The van der Waals surface area contributed by atoms with E-state index in [-0.39, 0.29) is 5.70 Å². The van der Waals surface area contributed by atoms with E-state index in [2.05, 4.69) is 5.32 Å². The number of carboxylic acids is 1. The zero-order valence-corrected chi connectivity index (χ0v) is 18.1. The molecule has 0 bridgehead atoms. The molecule has 7 heteroatoms. The minimum atomic E-state index is -1.25. The molecule has 3 rings (SSSR count). The van der Waals surface area contributed by atoms with Crippen LogP contribution >= 0.6 is 11.6 Å². The molecule has 3 aromatic carbocycles. The Morgan fingerprint density at radius 3 is 2.34 bits per heavy atom. The number of nitrogens with one attached hydrogen (secondary N) is 1. The highest BCUT2D eigenvalue weighted by Gasteiger charge is 2.14.